The van der Waals surface area contributed by atoms with Crippen LogP contribution < -0.4 is 0 Å². The summed E-state index contributed by atoms with van der Waals surface area (Å²) in [5.41, 5.74) is 1.75. The molecule has 0 N–H and O–H groups in total. The van der Waals surface area contributed by atoms with E-state index in [0.29, 0.717) is 5.15 Å². The second kappa shape index (κ2) is 3.36. The van der Waals surface area contributed by atoms with Crippen molar-refractivity contribution in [3.05, 3.63) is 20.6 Å². The van der Waals surface area contributed by atoms with E-state index in [9.17, 15) is 0 Å². The van der Waals surface area contributed by atoms with Gasteiger partial charge in [0.25, 0.3) is 0 Å². The molecular weight excluding hydrogens is 289 g/mol. The van der Waals surface area contributed by atoms with Crippen molar-refractivity contribution in [2.45, 2.75) is 6.92 Å². The molecule has 2 heterocycles. The second-order valence-corrected chi connectivity index (χ2v) is 4.40. The summed E-state index contributed by atoms with van der Waals surface area (Å²) in [5, 5.41) is 1.39. The summed E-state index contributed by atoms with van der Waals surface area (Å²) in [4.78, 5) is 8.02. The first-order valence-electron chi connectivity index (χ1n) is 3.86. The molecule has 0 fully saturated rings. The van der Waals surface area contributed by atoms with Gasteiger partial charge < -0.3 is 4.57 Å². The lowest BCUT2D eigenvalue weighted by Crippen LogP contribution is -1.91. The van der Waals surface area contributed by atoms with Gasteiger partial charge in [0.15, 0.2) is 0 Å². The zero-order valence-corrected chi connectivity index (χ0v) is 10.6. The van der Waals surface area contributed by atoms with Gasteiger partial charge in [0.1, 0.15) is 10.8 Å². The van der Waals surface area contributed by atoms with Crippen molar-refractivity contribution in [3.63, 3.8) is 0 Å². The summed E-state index contributed by atoms with van der Waals surface area (Å²) in [6.45, 7) is 1.95. The van der Waals surface area contributed by atoms with E-state index < -0.39 is 0 Å². The van der Waals surface area contributed by atoms with E-state index in [-0.39, 0.29) is 5.28 Å². The van der Waals surface area contributed by atoms with Crippen molar-refractivity contribution < 1.29 is 0 Å². The average molecular weight is 295 g/mol. The molecular formula is C8H6BrCl2N3. The first kappa shape index (κ1) is 10.2. The Balaban J connectivity index is 3.02. The molecule has 0 unspecified atom stereocenters. The van der Waals surface area contributed by atoms with Gasteiger partial charge in [0, 0.05) is 7.05 Å². The fraction of sp³-hybridized carbons (Fsp3) is 0.250. The quantitative estimate of drug-likeness (QED) is 0.551. The number of aryl methyl sites for hydroxylation is 2. The largest absolute Gasteiger partial charge is 0.323 e. The Bertz CT molecular complexity index is 521. The van der Waals surface area contributed by atoms with E-state index in [4.69, 9.17) is 23.2 Å². The molecule has 0 aliphatic carbocycles. The van der Waals surface area contributed by atoms with E-state index in [1.807, 2.05) is 18.5 Å². The molecule has 2 aromatic heterocycles. The Morgan fingerprint density at radius 2 is 1.93 bits per heavy atom. The van der Waals surface area contributed by atoms with Crippen molar-refractivity contribution in [3.8, 4) is 0 Å². The molecule has 0 radical (unpaired) electrons. The minimum absolute atomic E-state index is 0.163. The zero-order valence-electron chi connectivity index (χ0n) is 7.48. The normalized spacial score (nSPS) is 11.2. The Hall–Kier alpha value is -0.320. The third-order valence-electron chi connectivity index (χ3n) is 2.12. The van der Waals surface area contributed by atoms with Gasteiger partial charge in [-0.05, 0) is 40.0 Å². The van der Waals surface area contributed by atoms with Crippen molar-refractivity contribution in [2.24, 2.45) is 7.05 Å². The summed E-state index contributed by atoms with van der Waals surface area (Å²) < 4.78 is 2.82. The number of aromatic nitrogens is 3. The molecule has 0 atom stereocenters. The van der Waals surface area contributed by atoms with Crippen molar-refractivity contribution >= 4 is 50.2 Å². The lowest BCUT2D eigenvalue weighted by molar-refractivity contribution is 0.913. The lowest BCUT2D eigenvalue weighted by atomic mass is 10.3. The first-order valence-corrected chi connectivity index (χ1v) is 5.40. The maximum atomic E-state index is 5.98. The monoisotopic (exact) mass is 293 g/mol. The molecule has 0 aliphatic heterocycles. The third-order valence-corrected chi connectivity index (χ3v) is 3.68. The minimum atomic E-state index is 0.163. The van der Waals surface area contributed by atoms with Crippen molar-refractivity contribution in [1.29, 1.82) is 0 Å². The summed E-state index contributed by atoms with van der Waals surface area (Å²) in [7, 11) is 1.89. The predicted molar refractivity (Wildman–Crippen MR) is 61.0 cm³/mol. The smallest absolute Gasteiger partial charge is 0.225 e. The molecule has 0 spiro atoms. The Kier molecular flexibility index (Phi) is 2.45. The number of hydrogen-bond donors (Lipinski definition) is 0. The fourth-order valence-electron chi connectivity index (χ4n) is 1.41. The Morgan fingerprint density at radius 1 is 1.29 bits per heavy atom. The van der Waals surface area contributed by atoms with Crippen LogP contribution >= 0.6 is 39.1 Å². The highest BCUT2D eigenvalue weighted by Gasteiger charge is 2.15. The van der Waals surface area contributed by atoms with E-state index in [1.165, 1.54) is 0 Å². The maximum absolute atomic E-state index is 5.98. The Morgan fingerprint density at radius 3 is 2.57 bits per heavy atom. The van der Waals surface area contributed by atoms with Gasteiger partial charge in [-0.1, -0.05) is 11.6 Å². The maximum Gasteiger partial charge on any atom is 0.225 e. The zero-order chi connectivity index (χ0) is 10.5. The molecule has 0 bridgehead atoms. The predicted octanol–water partition coefficient (Wildman–Crippen LogP) is 3.35. The van der Waals surface area contributed by atoms with E-state index in [1.54, 1.807) is 0 Å². The van der Waals surface area contributed by atoms with Crippen LogP contribution in [0.4, 0.5) is 0 Å². The van der Waals surface area contributed by atoms with Crippen LogP contribution in [0.2, 0.25) is 10.4 Å². The van der Waals surface area contributed by atoms with Crippen LogP contribution in [0.15, 0.2) is 4.60 Å². The summed E-state index contributed by atoms with van der Waals surface area (Å²) >= 11 is 15.1. The van der Waals surface area contributed by atoms with Gasteiger partial charge >= 0.3 is 0 Å². The van der Waals surface area contributed by atoms with E-state index in [0.717, 1.165) is 21.2 Å². The second-order valence-electron chi connectivity index (χ2n) is 2.96. The molecule has 0 amide bonds. The molecule has 3 nitrogen and oxygen atoms in total. The first-order chi connectivity index (χ1) is 6.52. The molecule has 0 saturated carbocycles. The van der Waals surface area contributed by atoms with Crippen molar-refractivity contribution in [2.75, 3.05) is 0 Å². The molecule has 14 heavy (non-hydrogen) atoms. The molecule has 2 rings (SSSR count). The highest BCUT2D eigenvalue weighted by molar-refractivity contribution is 9.10. The Labute approximate surface area is 99.2 Å². The fourth-order valence-corrected chi connectivity index (χ4v) is 2.29. The lowest BCUT2D eigenvalue weighted by Gasteiger charge is -1.97. The molecule has 2 aromatic rings. The topological polar surface area (TPSA) is 30.7 Å². The van der Waals surface area contributed by atoms with Gasteiger partial charge in [0.2, 0.25) is 5.28 Å². The molecule has 0 aliphatic rings. The van der Waals surface area contributed by atoms with Crippen LogP contribution in [0.1, 0.15) is 5.56 Å². The average Bonchev–Trinajstić information content (AvgIpc) is 2.31. The summed E-state index contributed by atoms with van der Waals surface area (Å²) in [5.74, 6) is 0. The van der Waals surface area contributed by atoms with Gasteiger partial charge in [-0.2, -0.15) is 4.98 Å². The number of nitrogens with zero attached hydrogens (tertiary/aromatic N) is 3. The molecule has 0 aromatic carbocycles. The summed E-state index contributed by atoms with van der Waals surface area (Å²) in [6.07, 6.45) is 0. The minimum Gasteiger partial charge on any atom is -0.323 e. The highest BCUT2D eigenvalue weighted by Crippen LogP contribution is 2.32. The van der Waals surface area contributed by atoms with Gasteiger partial charge in [-0.3, -0.25) is 0 Å². The molecule has 6 heteroatoms. The van der Waals surface area contributed by atoms with Crippen LogP contribution in [0.3, 0.4) is 0 Å². The molecule has 74 valence electrons. The van der Waals surface area contributed by atoms with Crippen molar-refractivity contribution in [1.82, 2.24) is 14.5 Å². The summed E-state index contributed by atoms with van der Waals surface area (Å²) in [6, 6.07) is 0. The van der Waals surface area contributed by atoms with Crippen LogP contribution in [0.5, 0.6) is 0 Å². The standard InChI is InChI=1S/C8H6BrCl2N3/c1-3-4-6(10)12-8(11)13-7(4)14(2)5(3)9/h1-2H3. The molecule has 0 saturated heterocycles. The number of hydrogen-bond acceptors (Lipinski definition) is 2. The van der Waals surface area contributed by atoms with Crippen LogP contribution in [0, 0.1) is 6.92 Å². The van der Waals surface area contributed by atoms with Crippen LogP contribution in [-0.4, -0.2) is 14.5 Å². The number of rotatable bonds is 0. The van der Waals surface area contributed by atoms with Gasteiger partial charge in [-0.15, -0.1) is 0 Å². The third kappa shape index (κ3) is 1.33. The van der Waals surface area contributed by atoms with Crippen LogP contribution in [0.25, 0.3) is 11.0 Å². The number of fused-ring (bicyclic) bond motifs is 1. The van der Waals surface area contributed by atoms with Crippen LogP contribution in [-0.2, 0) is 7.05 Å². The van der Waals surface area contributed by atoms with E-state index >= 15 is 0 Å². The number of halogens is 3. The highest BCUT2D eigenvalue weighted by atomic mass is 79.9. The van der Waals surface area contributed by atoms with Gasteiger partial charge in [0.05, 0.1) is 9.99 Å². The van der Waals surface area contributed by atoms with E-state index in [2.05, 4.69) is 25.9 Å². The SMILES string of the molecule is Cc1c(Br)n(C)c2nc(Cl)nc(Cl)c12. The van der Waals surface area contributed by atoms with Gasteiger partial charge in [-0.25, -0.2) is 4.98 Å².